The van der Waals surface area contributed by atoms with Crippen LogP contribution in [0.1, 0.15) is 78.6 Å². The van der Waals surface area contributed by atoms with Gasteiger partial charge in [-0.3, -0.25) is 0 Å². The summed E-state index contributed by atoms with van der Waals surface area (Å²) >= 11 is 0. The molecule has 0 aromatic carbocycles. The number of hydrogen-bond donors (Lipinski definition) is 3. The van der Waals surface area contributed by atoms with Crippen LogP contribution in [0.3, 0.4) is 0 Å². The average Bonchev–Trinajstić information content (AvgIpc) is 2.81. The van der Waals surface area contributed by atoms with Gasteiger partial charge in [0.15, 0.2) is 0 Å². The number of fused-ring (bicyclic) bond motifs is 5. The van der Waals surface area contributed by atoms with Gasteiger partial charge in [0.05, 0.1) is 17.8 Å². The lowest BCUT2D eigenvalue weighted by Crippen LogP contribution is -2.59. The fourth-order valence-electron chi connectivity index (χ4n) is 7.97. The van der Waals surface area contributed by atoms with E-state index in [-0.39, 0.29) is 11.5 Å². The molecule has 4 rings (SSSR count). The molecule has 3 heteroatoms. The number of rotatable bonds is 1. The van der Waals surface area contributed by atoms with Gasteiger partial charge in [-0.1, -0.05) is 13.8 Å². The van der Waals surface area contributed by atoms with E-state index in [4.69, 9.17) is 0 Å². The van der Waals surface area contributed by atoms with Gasteiger partial charge in [0, 0.05) is 5.41 Å². The third kappa shape index (κ3) is 2.07. The van der Waals surface area contributed by atoms with Crippen molar-refractivity contribution in [1.82, 2.24) is 0 Å². The van der Waals surface area contributed by atoms with Crippen molar-refractivity contribution in [2.75, 3.05) is 0 Å². The quantitative estimate of drug-likeness (QED) is 0.687. The molecule has 24 heavy (non-hydrogen) atoms. The topological polar surface area (TPSA) is 60.7 Å². The van der Waals surface area contributed by atoms with Crippen LogP contribution in [0, 0.1) is 34.5 Å². The highest BCUT2D eigenvalue weighted by Crippen LogP contribution is 2.68. The SMILES string of the molecule is C[C@H](O)[C@@]1(O)CC[C@H]2[C@@H]3CC[C@H]4C[C@@H](O)CC[C@@]4(C)[C@@H]3CC[C@@]21C. The Morgan fingerprint density at radius 2 is 1.62 bits per heavy atom. The monoisotopic (exact) mass is 336 g/mol. The molecule has 3 nitrogen and oxygen atoms in total. The second-order valence-corrected chi connectivity index (χ2v) is 10.2. The van der Waals surface area contributed by atoms with E-state index in [0.717, 1.165) is 38.0 Å². The molecule has 0 saturated heterocycles. The van der Waals surface area contributed by atoms with E-state index in [2.05, 4.69) is 13.8 Å². The summed E-state index contributed by atoms with van der Waals surface area (Å²) in [7, 11) is 0. The van der Waals surface area contributed by atoms with E-state index < -0.39 is 11.7 Å². The van der Waals surface area contributed by atoms with Gasteiger partial charge in [0.25, 0.3) is 0 Å². The van der Waals surface area contributed by atoms with E-state index in [9.17, 15) is 15.3 Å². The van der Waals surface area contributed by atoms with Crippen LogP contribution in [0.5, 0.6) is 0 Å². The Morgan fingerprint density at radius 3 is 2.33 bits per heavy atom. The maximum Gasteiger partial charge on any atom is 0.0958 e. The predicted molar refractivity (Wildman–Crippen MR) is 94.4 cm³/mol. The van der Waals surface area contributed by atoms with Crippen LogP contribution >= 0.6 is 0 Å². The highest BCUT2D eigenvalue weighted by atomic mass is 16.3. The van der Waals surface area contributed by atoms with E-state index in [1.54, 1.807) is 6.92 Å². The summed E-state index contributed by atoms with van der Waals surface area (Å²) < 4.78 is 0. The first-order chi connectivity index (χ1) is 11.2. The lowest BCUT2D eigenvalue weighted by molar-refractivity contribution is -0.186. The summed E-state index contributed by atoms with van der Waals surface area (Å²) in [6, 6.07) is 0. The van der Waals surface area contributed by atoms with E-state index >= 15 is 0 Å². The van der Waals surface area contributed by atoms with Gasteiger partial charge in [0.1, 0.15) is 0 Å². The molecule has 0 bridgehead atoms. The van der Waals surface area contributed by atoms with Crippen molar-refractivity contribution >= 4 is 0 Å². The molecule has 0 spiro atoms. The minimum Gasteiger partial charge on any atom is -0.393 e. The van der Waals surface area contributed by atoms with E-state index in [1.165, 1.54) is 25.7 Å². The zero-order valence-corrected chi connectivity index (χ0v) is 15.7. The normalized spacial score (nSPS) is 58.5. The van der Waals surface area contributed by atoms with Crippen molar-refractivity contribution in [3.8, 4) is 0 Å². The van der Waals surface area contributed by atoms with Gasteiger partial charge in [-0.2, -0.15) is 0 Å². The molecular weight excluding hydrogens is 300 g/mol. The standard InChI is InChI=1S/C21H36O3/c1-13(22)21(24)11-8-18-16-5-4-14-12-15(23)6-9-19(14,2)17(16)7-10-20(18,21)3/h13-18,22-24H,4-12H2,1-3H3/t13-,14-,15-,16+,17+,18-,19+,20-,21-/m0/s1. The Bertz CT molecular complexity index is 505. The van der Waals surface area contributed by atoms with Crippen LogP contribution in [0.2, 0.25) is 0 Å². The van der Waals surface area contributed by atoms with Gasteiger partial charge in [0.2, 0.25) is 0 Å². The lowest BCUT2D eigenvalue weighted by atomic mass is 9.44. The minimum absolute atomic E-state index is 0.0831. The molecule has 138 valence electrons. The van der Waals surface area contributed by atoms with Gasteiger partial charge in [-0.05, 0) is 93.8 Å². The second-order valence-electron chi connectivity index (χ2n) is 10.2. The molecular formula is C21H36O3. The van der Waals surface area contributed by atoms with Gasteiger partial charge < -0.3 is 15.3 Å². The molecule has 4 fully saturated rings. The van der Waals surface area contributed by atoms with Crippen molar-refractivity contribution in [1.29, 1.82) is 0 Å². The van der Waals surface area contributed by atoms with Gasteiger partial charge >= 0.3 is 0 Å². The second kappa shape index (κ2) is 5.44. The van der Waals surface area contributed by atoms with Crippen molar-refractivity contribution in [3.05, 3.63) is 0 Å². The van der Waals surface area contributed by atoms with Crippen LogP contribution in [0.25, 0.3) is 0 Å². The lowest BCUT2D eigenvalue weighted by Gasteiger charge is -2.61. The predicted octanol–water partition coefficient (Wildman–Crippen LogP) is 3.50. The summed E-state index contributed by atoms with van der Waals surface area (Å²) in [5, 5.41) is 31.7. The van der Waals surface area contributed by atoms with Crippen LogP contribution in [-0.4, -0.2) is 33.1 Å². The van der Waals surface area contributed by atoms with Gasteiger partial charge in [-0.15, -0.1) is 0 Å². The van der Waals surface area contributed by atoms with Crippen molar-refractivity contribution in [2.45, 2.75) is 96.4 Å². The Kier molecular flexibility index (Phi) is 3.92. The first-order valence-corrected chi connectivity index (χ1v) is 10.3. The largest absolute Gasteiger partial charge is 0.393 e. The Hall–Kier alpha value is -0.120. The molecule has 0 aromatic rings. The van der Waals surface area contributed by atoms with Gasteiger partial charge in [-0.25, -0.2) is 0 Å². The van der Waals surface area contributed by atoms with Crippen LogP contribution in [0.15, 0.2) is 0 Å². The summed E-state index contributed by atoms with van der Waals surface area (Å²) in [5.41, 5.74) is -0.641. The average molecular weight is 337 g/mol. The Balaban J connectivity index is 1.63. The fourth-order valence-corrected chi connectivity index (χ4v) is 7.97. The molecule has 9 atom stereocenters. The molecule has 0 radical (unpaired) electrons. The molecule has 4 aliphatic carbocycles. The van der Waals surface area contributed by atoms with Crippen LogP contribution in [-0.2, 0) is 0 Å². The molecule has 4 saturated carbocycles. The van der Waals surface area contributed by atoms with Crippen LogP contribution < -0.4 is 0 Å². The maximum atomic E-state index is 11.3. The summed E-state index contributed by atoms with van der Waals surface area (Å²) in [6.45, 7) is 6.53. The van der Waals surface area contributed by atoms with Crippen molar-refractivity contribution < 1.29 is 15.3 Å². The number of aliphatic hydroxyl groups excluding tert-OH is 2. The zero-order valence-electron chi connectivity index (χ0n) is 15.7. The molecule has 0 aromatic heterocycles. The molecule has 4 aliphatic rings. The van der Waals surface area contributed by atoms with Crippen molar-refractivity contribution in [3.63, 3.8) is 0 Å². The summed E-state index contributed by atoms with van der Waals surface area (Å²) in [5.74, 6) is 2.69. The minimum atomic E-state index is -0.900. The molecule has 3 N–H and O–H groups in total. The summed E-state index contributed by atoms with van der Waals surface area (Å²) in [4.78, 5) is 0. The molecule has 0 unspecified atom stereocenters. The van der Waals surface area contributed by atoms with E-state index in [1.807, 2.05) is 0 Å². The first kappa shape index (κ1) is 17.3. The summed E-state index contributed by atoms with van der Waals surface area (Å²) in [6.07, 6.45) is 8.99. The highest BCUT2D eigenvalue weighted by Gasteiger charge is 2.65. The van der Waals surface area contributed by atoms with E-state index in [0.29, 0.717) is 23.2 Å². The van der Waals surface area contributed by atoms with Crippen LogP contribution in [0.4, 0.5) is 0 Å². The fraction of sp³-hybridized carbons (Fsp3) is 1.00. The Morgan fingerprint density at radius 1 is 0.917 bits per heavy atom. The smallest absolute Gasteiger partial charge is 0.0958 e. The zero-order chi connectivity index (χ0) is 17.3. The third-order valence-corrected chi connectivity index (χ3v) is 9.54. The first-order valence-electron chi connectivity index (χ1n) is 10.3. The molecule has 0 amide bonds. The molecule has 0 aliphatic heterocycles. The number of aliphatic hydroxyl groups is 3. The Labute approximate surface area is 146 Å². The third-order valence-electron chi connectivity index (χ3n) is 9.54. The molecule has 0 heterocycles. The highest BCUT2D eigenvalue weighted by molar-refractivity contribution is 5.15. The number of hydrogen-bond acceptors (Lipinski definition) is 3. The van der Waals surface area contributed by atoms with Crippen molar-refractivity contribution in [2.24, 2.45) is 34.5 Å². The maximum absolute atomic E-state index is 11.3.